The summed E-state index contributed by atoms with van der Waals surface area (Å²) >= 11 is 7.79. The van der Waals surface area contributed by atoms with E-state index in [0.717, 1.165) is 26.7 Å². The topological polar surface area (TPSA) is 49.3 Å². The second-order valence-electron chi connectivity index (χ2n) is 5.98. The second-order valence-corrected chi connectivity index (χ2v) is 7.24. The highest BCUT2D eigenvalue weighted by Gasteiger charge is 2.18. The lowest BCUT2D eigenvalue weighted by molar-refractivity contribution is 0.600. The summed E-state index contributed by atoms with van der Waals surface area (Å²) in [5.74, 6) is 0.217. The molecule has 4 rings (SSSR count). The van der Waals surface area contributed by atoms with E-state index < -0.39 is 0 Å². The zero-order valence-corrected chi connectivity index (χ0v) is 15.8. The van der Waals surface area contributed by atoms with Crippen molar-refractivity contribution in [1.29, 1.82) is 0 Å². The van der Waals surface area contributed by atoms with E-state index >= 15 is 0 Å². The SMILES string of the molecule is Fc1cccnc1CN=C1NSc2cccc(Cc3ccccc3Cl)c2N1. The van der Waals surface area contributed by atoms with E-state index in [-0.39, 0.29) is 12.4 Å². The predicted molar refractivity (Wildman–Crippen MR) is 109 cm³/mol. The quantitative estimate of drug-likeness (QED) is 0.604. The van der Waals surface area contributed by atoms with Gasteiger partial charge in [-0.15, -0.1) is 0 Å². The third kappa shape index (κ3) is 4.07. The minimum atomic E-state index is -0.356. The number of aliphatic imine (C=N–C) groups is 1. The fourth-order valence-electron chi connectivity index (χ4n) is 2.81. The van der Waals surface area contributed by atoms with Gasteiger partial charge < -0.3 is 5.32 Å². The van der Waals surface area contributed by atoms with Gasteiger partial charge in [0.05, 0.1) is 22.8 Å². The number of fused-ring (bicyclic) bond motifs is 1. The van der Waals surface area contributed by atoms with Crippen LogP contribution in [0.3, 0.4) is 0 Å². The molecule has 0 saturated carbocycles. The first-order valence-corrected chi connectivity index (χ1v) is 9.59. The fraction of sp³-hybridized carbons (Fsp3) is 0.100. The second kappa shape index (κ2) is 7.98. The number of guanidine groups is 1. The van der Waals surface area contributed by atoms with Gasteiger partial charge in [0.25, 0.3) is 0 Å². The number of benzene rings is 2. The third-order valence-electron chi connectivity index (χ3n) is 4.17. The molecule has 0 aliphatic carbocycles. The molecule has 7 heteroatoms. The van der Waals surface area contributed by atoms with Gasteiger partial charge in [0.2, 0.25) is 5.96 Å². The van der Waals surface area contributed by atoms with Gasteiger partial charge in [0.1, 0.15) is 5.82 Å². The minimum Gasteiger partial charge on any atom is -0.324 e. The Balaban J connectivity index is 1.57. The van der Waals surface area contributed by atoms with Crippen LogP contribution in [0.2, 0.25) is 5.02 Å². The van der Waals surface area contributed by atoms with Crippen molar-refractivity contribution < 1.29 is 4.39 Å². The van der Waals surface area contributed by atoms with Crippen LogP contribution in [0.5, 0.6) is 0 Å². The van der Waals surface area contributed by atoms with Crippen LogP contribution in [0.4, 0.5) is 10.1 Å². The molecule has 0 spiro atoms. The van der Waals surface area contributed by atoms with E-state index in [1.165, 1.54) is 18.0 Å². The third-order valence-corrected chi connectivity index (χ3v) is 5.40. The molecular formula is C20H16ClFN4S. The highest BCUT2D eigenvalue weighted by Crippen LogP contribution is 2.34. The monoisotopic (exact) mass is 398 g/mol. The number of hydrogen-bond acceptors (Lipinski definition) is 3. The molecule has 0 bridgehead atoms. The molecule has 2 N–H and O–H groups in total. The summed E-state index contributed by atoms with van der Waals surface area (Å²) < 4.78 is 16.9. The molecule has 1 aromatic heterocycles. The Morgan fingerprint density at radius 2 is 1.89 bits per heavy atom. The van der Waals surface area contributed by atoms with Gasteiger partial charge in [-0.25, -0.2) is 9.38 Å². The van der Waals surface area contributed by atoms with Crippen molar-refractivity contribution in [3.8, 4) is 0 Å². The standard InChI is InChI=1S/C20H16ClFN4S/c21-15-7-2-1-5-13(15)11-14-6-3-9-18-19(14)25-20(26-27-18)24-12-17-16(22)8-4-10-23-17/h1-10H,11-12H2,(H2,24,25,26). The highest BCUT2D eigenvalue weighted by molar-refractivity contribution is 7.98. The molecule has 2 aromatic carbocycles. The van der Waals surface area contributed by atoms with E-state index in [4.69, 9.17) is 11.6 Å². The number of pyridine rings is 1. The number of nitrogens with one attached hydrogen (secondary N) is 2. The molecule has 4 nitrogen and oxygen atoms in total. The van der Waals surface area contributed by atoms with E-state index in [0.29, 0.717) is 18.1 Å². The van der Waals surface area contributed by atoms with Crippen molar-refractivity contribution in [2.75, 3.05) is 5.32 Å². The maximum absolute atomic E-state index is 13.7. The molecule has 0 saturated heterocycles. The Bertz CT molecular complexity index is 1010. The first kappa shape index (κ1) is 17.8. The zero-order chi connectivity index (χ0) is 18.6. The average Bonchev–Trinajstić information content (AvgIpc) is 2.69. The van der Waals surface area contributed by atoms with Crippen LogP contribution in [-0.4, -0.2) is 10.9 Å². The van der Waals surface area contributed by atoms with Crippen molar-refractivity contribution >= 4 is 35.2 Å². The highest BCUT2D eigenvalue weighted by atomic mass is 35.5. The van der Waals surface area contributed by atoms with Crippen molar-refractivity contribution in [3.63, 3.8) is 0 Å². The molecule has 3 aromatic rings. The largest absolute Gasteiger partial charge is 0.324 e. The Morgan fingerprint density at radius 3 is 2.74 bits per heavy atom. The van der Waals surface area contributed by atoms with Gasteiger partial charge in [-0.3, -0.25) is 9.71 Å². The van der Waals surface area contributed by atoms with Crippen LogP contribution in [0, 0.1) is 5.82 Å². The lowest BCUT2D eigenvalue weighted by Crippen LogP contribution is -2.30. The van der Waals surface area contributed by atoms with Crippen molar-refractivity contribution in [1.82, 2.24) is 9.71 Å². The van der Waals surface area contributed by atoms with Gasteiger partial charge in [0.15, 0.2) is 0 Å². The number of rotatable bonds is 4. The maximum Gasteiger partial charge on any atom is 0.206 e. The van der Waals surface area contributed by atoms with Crippen LogP contribution in [0.25, 0.3) is 0 Å². The Kier molecular flexibility index (Phi) is 5.27. The predicted octanol–water partition coefficient (Wildman–Crippen LogP) is 5.04. The van der Waals surface area contributed by atoms with Crippen LogP contribution >= 0.6 is 23.5 Å². The number of anilines is 1. The van der Waals surface area contributed by atoms with Gasteiger partial charge in [0, 0.05) is 17.6 Å². The van der Waals surface area contributed by atoms with Crippen LogP contribution in [0.15, 0.2) is 70.7 Å². The van der Waals surface area contributed by atoms with Crippen LogP contribution < -0.4 is 10.0 Å². The molecule has 1 aliphatic heterocycles. The summed E-state index contributed by atoms with van der Waals surface area (Å²) in [7, 11) is 0. The van der Waals surface area contributed by atoms with E-state index in [1.807, 2.05) is 36.4 Å². The van der Waals surface area contributed by atoms with Gasteiger partial charge in [-0.05, 0) is 47.3 Å². The molecule has 0 atom stereocenters. The van der Waals surface area contributed by atoms with E-state index in [1.54, 1.807) is 12.3 Å². The van der Waals surface area contributed by atoms with Crippen molar-refractivity contribution in [3.05, 3.63) is 88.5 Å². The summed E-state index contributed by atoms with van der Waals surface area (Å²) in [5.41, 5.74) is 3.48. The number of halogens is 2. The molecule has 27 heavy (non-hydrogen) atoms. The molecule has 0 radical (unpaired) electrons. The maximum atomic E-state index is 13.7. The van der Waals surface area contributed by atoms with Gasteiger partial charge in [-0.2, -0.15) is 0 Å². The minimum absolute atomic E-state index is 0.157. The lowest BCUT2D eigenvalue weighted by atomic mass is 10.0. The molecule has 0 unspecified atom stereocenters. The summed E-state index contributed by atoms with van der Waals surface area (Å²) in [4.78, 5) is 9.53. The van der Waals surface area contributed by atoms with E-state index in [2.05, 4.69) is 26.1 Å². The number of para-hydroxylation sites is 1. The van der Waals surface area contributed by atoms with E-state index in [9.17, 15) is 4.39 Å². The van der Waals surface area contributed by atoms with Crippen LogP contribution in [0.1, 0.15) is 16.8 Å². The molecule has 1 aliphatic rings. The Morgan fingerprint density at radius 1 is 1.04 bits per heavy atom. The Labute approximate surface area is 166 Å². The van der Waals surface area contributed by atoms with Crippen molar-refractivity contribution in [2.24, 2.45) is 4.99 Å². The van der Waals surface area contributed by atoms with Crippen LogP contribution in [-0.2, 0) is 13.0 Å². The average molecular weight is 399 g/mol. The zero-order valence-electron chi connectivity index (χ0n) is 14.2. The lowest BCUT2D eigenvalue weighted by Gasteiger charge is -2.23. The first-order valence-electron chi connectivity index (χ1n) is 8.40. The van der Waals surface area contributed by atoms with Gasteiger partial charge in [-0.1, -0.05) is 41.9 Å². The summed E-state index contributed by atoms with van der Waals surface area (Å²) in [5, 5.41) is 4.07. The number of nitrogens with zero attached hydrogens (tertiary/aromatic N) is 2. The summed E-state index contributed by atoms with van der Waals surface area (Å²) in [6.07, 6.45) is 2.27. The first-order chi connectivity index (χ1) is 13.2. The molecule has 2 heterocycles. The molecule has 0 fully saturated rings. The fourth-order valence-corrected chi connectivity index (χ4v) is 3.76. The van der Waals surface area contributed by atoms with Gasteiger partial charge >= 0.3 is 0 Å². The number of aromatic nitrogens is 1. The normalized spacial score (nSPS) is 14.4. The molecule has 136 valence electrons. The smallest absolute Gasteiger partial charge is 0.206 e. The Hall–Kier alpha value is -2.57. The molecule has 0 amide bonds. The molecular weight excluding hydrogens is 383 g/mol. The number of hydrogen-bond donors (Lipinski definition) is 2. The summed E-state index contributed by atoms with van der Waals surface area (Å²) in [6.45, 7) is 0.157. The van der Waals surface area contributed by atoms with Crippen molar-refractivity contribution in [2.45, 2.75) is 17.9 Å². The summed E-state index contributed by atoms with van der Waals surface area (Å²) in [6, 6.07) is 16.9.